The number of nitriles is 1. The molecule has 8 heteroatoms. The van der Waals surface area contributed by atoms with Crippen LogP contribution in [0, 0.1) is 11.3 Å². The Morgan fingerprint density at radius 3 is 2.93 bits per heavy atom. The molecule has 28 heavy (non-hydrogen) atoms. The third-order valence-corrected chi connectivity index (χ3v) is 6.92. The highest BCUT2D eigenvalue weighted by atomic mass is 32.2. The Morgan fingerprint density at radius 1 is 1.46 bits per heavy atom. The highest BCUT2D eigenvalue weighted by Gasteiger charge is 2.39. The van der Waals surface area contributed by atoms with Gasteiger partial charge in [0, 0.05) is 31.0 Å². The summed E-state index contributed by atoms with van der Waals surface area (Å²) in [5.74, 6) is 0. The van der Waals surface area contributed by atoms with E-state index in [2.05, 4.69) is 17.1 Å². The van der Waals surface area contributed by atoms with Crippen molar-refractivity contribution in [3.8, 4) is 6.07 Å². The largest absolute Gasteiger partial charge is 0.380 e. The van der Waals surface area contributed by atoms with Crippen LogP contribution >= 0.6 is 23.1 Å². The lowest BCUT2D eigenvalue weighted by atomic mass is 9.89. The van der Waals surface area contributed by atoms with Crippen molar-refractivity contribution in [1.82, 2.24) is 4.98 Å². The van der Waals surface area contributed by atoms with Crippen LogP contribution < -0.4 is 0 Å². The number of benzene rings is 1. The minimum atomic E-state index is -0.297. The van der Waals surface area contributed by atoms with Crippen LogP contribution in [0.1, 0.15) is 37.1 Å². The van der Waals surface area contributed by atoms with E-state index >= 15 is 0 Å². The van der Waals surface area contributed by atoms with Gasteiger partial charge in [-0.25, -0.2) is 4.98 Å². The molecule has 0 N–H and O–H groups in total. The van der Waals surface area contributed by atoms with Gasteiger partial charge in [0.05, 0.1) is 23.3 Å². The number of nitrogens with zero attached hydrogens (tertiary/aromatic N) is 3. The Hall–Kier alpha value is -1.92. The molecule has 3 rings (SSSR count). The quantitative estimate of drug-likeness (QED) is 0.372. The van der Waals surface area contributed by atoms with E-state index in [-0.39, 0.29) is 18.3 Å². The van der Waals surface area contributed by atoms with E-state index in [4.69, 9.17) is 19.6 Å². The fourth-order valence-corrected chi connectivity index (χ4v) is 5.31. The van der Waals surface area contributed by atoms with E-state index in [1.165, 1.54) is 0 Å². The molecule has 0 bridgehead atoms. The molecule has 2 heterocycles. The van der Waals surface area contributed by atoms with Gasteiger partial charge in [0.2, 0.25) is 6.61 Å². The van der Waals surface area contributed by atoms with Crippen molar-refractivity contribution in [1.29, 1.82) is 5.26 Å². The van der Waals surface area contributed by atoms with Crippen LogP contribution in [0.15, 0.2) is 44.9 Å². The van der Waals surface area contributed by atoms with Crippen LogP contribution in [0.5, 0.6) is 0 Å². The Bertz CT molecular complexity index is 860. The Morgan fingerprint density at radius 2 is 2.25 bits per heavy atom. The molecule has 0 saturated carbocycles. The molecule has 2 aromatic rings. The number of hydrogen-bond donors (Lipinski definition) is 0. The summed E-state index contributed by atoms with van der Waals surface area (Å²) in [5.41, 5.74) is 1.39. The van der Waals surface area contributed by atoms with Gasteiger partial charge in [0.1, 0.15) is 11.7 Å². The van der Waals surface area contributed by atoms with Crippen LogP contribution in [0.4, 0.5) is 0 Å². The molecular weight excluding hydrogens is 394 g/mol. The third-order valence-electron chi connectivity index (χ3n) is 4.66. The molecule has 6 nitrogen and oxygen atoms in total. The fraction of sp³-hybridized carbons (Fsp3) is 0.450. The molecule has 0 aliphatic carbocycles. The van der Waals surface area contributed by atoms with Crippen LogP contribution in [-0.4, -0.2) is 37.1 Å². The topological polar surface area (TPSA) is 76.7 Å². The van der Waals surface area contributed by atoms with Gasteiger partial charge in [0.15, 0.2) is 4.34 Å². The standard InChI is InChI=1S/C20H23N3O3S2/c1-14-12-20(24-3,8-10-25-14)18-13-22-19(28-18)27-17-6-4-16(5-7-17)15(2)23-26-11-9-21/h4-7,13-14H,8,10-12H2,1-3H3/b23-15+/t14-,20+/m0/s1. The van der Waals surface area contributed by atoms with Crippen molar-refractivity contribution >= 4 is 28.8 Å². The molecule has 1 aromatic heterocycles. The molecule has 2 atom stereocenters. The minimum Gasteiger partial charge on any atom is -0.380 e. The first-order valence-electron chi connectivity index (χ1n) is 9.01. The zero-order chi connectivity index (χ0) is 20.0. The molecule has 1 saturated heterocycles. The average molecular weight is 418 g/mol. The SMILES string of the molecule is CO[C@]1(c2cnc(Sc3ccc(/C(C)=N/OCC#N)cc3)s2)CCO[C@@H](C)C1. The summed E-state index contributed by atoms with van der Waals surface area (Å²) in [5, 5.41) is 12.4. The van der Waals surface area contributed by atoms with E-state index in [0.717, 1.165) is 38.2 Å². The molecule has 1 fully saturated rings. The van der Waals surface area contributed by atoms with Crippen LogP contribution in [0.25, 0.3) is 0 Å². The first-order valence-corrected chi connectivity index (χ1v) is 10.6. The van der Waals surface area contributed by atoms with Gasteiger partial charge >= 0.3 is 0 Å². The number of aromatic nitrogens is 1. The highest BCUT2D eigenvalue weighted by molar-refractivity contribution is 8.01. The summed E-state index contributed by atoms with van der Waals surface area (Å²) in [7, 11) is 1.77. The predicted molar refractivity (Wildman–Crippen MR) is 110 cm³/mol. The van der Waals surface area contributed by atoms with Crippen molar-refractivity contribution in [3.05, 3.63) is 40.9 Å². The van der Waals surface area contributed by atoms with E-state index < -0.39 is 0 Å². The van der Waals surface area contributed by atoms with Crippen LogP contribution in [0.3, 0.4) is 0 Å². The average Bonchev–Trinajstić information content (AvgIpc) is 3.17. The highest BCUT2D eigenvalue weighted by Crippen LogP contribution is 2.43. The number of rotatable bonds is 7. The lowest BCUT2D eigenvalue weighted by Crippen LogP contribution is -2.38. The molecule has 148 valence electrons. The van der Waals surface area contributed by atoms with Gasteiger partial charge in [-0.05, 0) is 31.5 Å². The third kappa shape index (κ3) is 4.92. The van der Waals surface area contributed by atoms with Crippen LogP contribution in [0.2, 0.25) is 0 Å². The molecule has 0 radical (unpaired) electrons. The molecule has 1 aliphatic heterocycles. The van der Waals surface area contributed by atoms with Crippen molar-refractivity contribution in [2.45, 2.75) is 47.6 Å². The number of oxime groups is 1. The van der Waals surface area contributed by atoms with Gasteiger partial charge < -0.3 is 14.3 Å². The predicted octanol–water partition coefficient (Wildman–Crippen LogP) is 4.60. The summed E-state index contributed by atoms with van der Waals surface area (Å²) < 4.78 is 12.6. The molecule has 0 spiro atoms. The Balaban J connectivity index is 1.68. The second-order valence-corrected chi connectivity index (χ2v) is 8.91. The molecule has 1 aliphatic rings. The number of hydrogen-bond acceptors (Lipinski definition) is 8. The van der Waals surface area contributed by atoms with Crippen molar-refractivity contribution in [2.75, 3.05) is 20.3 Å². The number of ether oxygens (including phenoxy) is 2. The van der Waals surface area contributed by atoms with E-state index in [0.29, 0.717) is 6.61 Å². The molecular formula is C20H23N3O3S2. The number of methoxy groups -OCH3 is 1. The van der Waals surface area contributed by atoms with Crippen LogP contribution in [-0.2, 0) is 19.9 Å². The summed E-state index contributed by atoms with van der Waals surface area (Å²) in [4.78, 5) is 11.8. The van der Waals surface area contributed by atoms with Gasteiger partial charge in [-0.15, -0.1) is 11.3 Å². The zero-order valence-electron chi connectivity index (χ0n) is 16.2. The smallest absolute Gasteiger partial charge is 0.202 e. The van der Waals surface area contributed by atoms with Crippen molar-refractivity contribution in [2.24, 2.45) is 5.16 Å². The minimum absolute atomic E-state index is 0.0501. The van der Waals surface area contributed by atoms with Gasteiger partial charge in [-0.1, -0.05) is 29.1 Å². The number of thiazole rings is 1. The Kier molecular flexibility index (Phi) is 7.08. The molecule has 0 unspecified atom stereocenters. The summed E-state index contributed by atoms with van der Waals surface area (Å²) in [6.07, 6.45) is 3.81. The fourth-order valence-electron chi connectivity index (χ4n) is 3.15. The summed E-state index contributed by atoms with van der Waals surface area (Å²) in [6, 6.07) is 9.94. The van der Waals surface area contributed by atoms with E-state index in [9.17, 15) is 0 Å². The molecule has 0 amide bonds. The van der Waals surface area contributed by atoms with Crippen molar-refractivity contribution in [3.63, 3.8) is 0 Å². The molecule has 1 aromatic carbocycles. The normalized spacial score (nSPS) is 22.6. The van der Waals surface area contributed by atoms with Gasteiger partial charge in [-0.2, -0.15) is 5.26 Å². The second kappa shape index (κ2) is 9.52. The van der Waals surface area contributed by atoms with Crippen molar-refractivity contribution < 1.29 is 14.3 Å². The first kappa shape index (κ1) is 20.8. The maximum Gasteiger partial charge on any atom is 0.202 e. The summed E-state index contributed by atoms with van der Waals surface area (Å²) >= 11 is 3.31. The zero-order valence-corrected chi connectivity index (χ0v) is 17.8. The lowest BCUT2D eigenvalue weighted by molar-refractivity contribution is -0.120. The monoisotopic (exact) mass is 417 g/mol. The second-order valence-electron chi connectivity index (χ2n) is 6.56. The van der Waals surface area contributed by atoms with Gasteiger partial charge in [0.25, 0.3) is 0 Å². The van der Waals surface area contributed by atoms with E-state index in [1.54, 1.807) is 30.2 Å². The van der Waals surface area contributed by atoms with E-state index in [1.807, 2.05) is 43.5 Å². The lowest BCUT2D eigenvalue weighted by Gasteiger charge is -2.37. The first-order chi connectivity index (χ1) is 13.6. The maximum atomic E-state index is 8.49. The Labute approximate surface area is 173 Å². The van der Waals surface area contributed by atoms with Gasteiger partial charge in [-0.3, -0.25) is 0 Å². The maximum absolute atomic E-state index is 8.49. The summed E-state index contributed by atoms with van der Waals surface area (Å²) in [6.45, 7) is 4.59.